The van der Waals surface area contributed by atoms with Gasteiger partial charge < -0.3 is 10.0 Å². The maximum absolute atomic E-state index is 12.3. The predicted molar refractivity (Wildman–Crippen MR) is 70.2 cm³/mol. The van der Waals surface area contributed by atoms with Crippen LogP contribution in [0.25, 0.3) is 0 Å². The van der Waals surface area contributed by atoms with Crippen LogP contribution in [0.15, 0.2) is 0 Å². The lowest BCUT2D eigenvalue weighted by Crippen LogP contribution is -2.40. The molecule has 1 heterocycles. The van der Waals surface area contributed by atoms with Crippen LogP contribution in [-0.2, 0) is 9.59 Å². The summed E-state index contributed by atoms with van der Waals surface area (Å²) in [6.45, 7) is 8.64. The van der Waals surface area contributed by atoms with Crippen molar-refractivity contribution >= 4 is 11.9 Å². The molecule has 1 saturated heterocycles. The van der Waals surface area contributed by atoms with Gasteiger partial charge in [-0.25, -0.2) is 0 Å². The Labute approximate surface area is 109 Å². The molecule has 1 N–H and O–H groups in total. The van der Waals surface area contributed by atoms with Crippen molar-refractivity contribution in [3.05, 3.63) is 0 Å². The number of carboxylic acids is 1. The fourth-order valence-corrected chi connectivity index (χ4v) is 2.92. The lowest BCUT2D eigenvalue weighted by atomic mass is 9.79. The Kier molecular flexibility index (Phi) is 4.77. The second kappa shape index (κ2) is 5.72. The molecule has 104 valence electrons. The molecule has 0 saturated carbocycles. The standard InChI is InChI=1S/C14H25NO3/c1-5-14(6-2,13(17)18)8-12(16)15-9-10(3)7-11(15)4/h10-11H,5-9H2,1-4H3,(H,17,18). The summed E-state index contributed by atoms with van der Waals surface area (Å²) in [7, 11) is 0. The van der Waals surface area contributed by atoms with Gasteiger partial charge in [-0.2, -0.15) is 0 Å². The Morgan fingerprint density at radius 2 is 1.83 bits per heavy atom. The van der Waals surface area contributed by atoms with Gasteiger partial charge in [0.15, 0.2) is 0 Å². The molecule has 1 aliphatic rings. The smallest absolute Gasteiger partial charge is 0.310 e. The molecule has 0 aliphatic carbocycles. The van der Waals surface area contributed by atoms with Crippen LogP contribution in [0, 0.1) is 11.3 Å². The van der Waals surface area contributed by atoms with Crippen LogP contribution in [0.2, 0.25) is 0 Å². The van der Waals surface area contributed by atoms with Crippen molar-refractivity contribution in [1.82, 2.24) is 4.90 Å². The van der Waals surface area contributed by atoms with E-state index in [2.05, 4.69) is 6.92 Å². The third-order valence-electron chi connectivity index (χ3n) is 4.40. The molecule has 0 aromatic rings. The van der Waals surface area contributed by atoms with E-state index in [1.165, 1.54) is 0 Å². The van der Waals surface area contributed by atoms with Gasteiger partial charge >= 0.3 is 5.97 Å². The highest BCUT2D eigenvalue weighted by atomic mass is 16.4. The Hall–Kier alpha value is -1.06. The summed E-state index contributed by atoms with van der Waals surface area (Å²) in [4.78, 5) is 25.6. The third-order valence-corrected chi connectivity index (χ3v) is 4.40. The molecule has 1 aliphatic heterocycles. The number of hydrogen-bond acceptors (Lipinski definition) is 2. The molecule has 4 nitrogen and oxygen atoms in total. The molecule has 18 heavy (non-hydrogen) atoms. The third kappa shape index (κ3) is 2.85. The van der Waals surface area contributed by atoms with E-state index in [9.17, 15) is 14.7 Å². The van der Waals surface area contributed by atoms with Crippen LogP contribution in [0.3, 0.4) is 0 Å². The van der Waals surface area contributed by atoms with Gasteiger partial charge in [-0.3, -0.25) is 9.59 Å². The largest absolute Gasteiger partial charge is 0.481 e. The summed E-state index contributed by atoms with van der Waals surface area (Å²) >= 11 is 0. The van der Waals surface area contributed by atoms with Crippen LogP contribution in [0.4, 0.5) is 0 Å². The maximum atomic E-state index is 12.3. The summed E-state index contributed by atoms with van der Waals surface area (Å²) < 4.78 is 0. The quantitative estimate of drug-likeness (QED) is 0.821. The van der Waals surface area contributed by atoms with Gasteiger partial charge in [0.25, 0.3) is 0 Å². The van der Waals surface area contributed by atoms with E-state index < -0.39 is 11.4 Å². The summed E-state index contributed by atoms with van der Waals surface area (Å²) in [5.41, 5.74) is -0.886. The summed E-state index contributed by atoms with van der Waals surface area (Å²) in [5, 5.41) is 9.36. The van der Waals surface area contributed by atoms with Gasteiger partial charge in [-0.1, -0.05) is 20.8 Å². The first-order valence-electron chi connectivity index (χ1n) is 6.89. The molecule has 2 unspecified atom stereocenters. The van der Waals surface area contributed by atoms with E-state index >= 15 is 0 Å². The monoisotopic (exact) mass is 255 g/mol. The van der Waals surface area contributed by atoms with Crippen molar-refractivity contribution in [2.75, 3.05) is 6.54 Å². The number of amides is 1. The zero-order chi connectivity index (χ0) is 13.9. The van der Waals surface area contributed by atoms with Crippen LogP contribution in [-0.4, -0.2) is 34.5 Å². The minimum Gasteiger partial charge on any atom is -0.481 e. The first kappa shape index (κ1) is 15.0. The molecule has 0 bridgehead atoms. The van der Waals surface area contributed by atoms with Gasteiger partial charge in [-0.05, 0) is 32.1 Å². The molecule has 1 amide bonds. The molecule has 0 radical (unpaired) electrons. The van der Waals surface area contributed by atoms with Gasteiger partial charge in [0, 0.05) is 19.0 Å². The van der Waals surface area contributed by atoms with E-state index in [0.717, 1.165) is 13.0 Å². The lowest BCUT2D eigenvalue weighted by Gasteiger charge is -2.30. The molecule has 1 rings (SSSR count). The summed E-state index contributed by atoms with van der Waals surface area (Å²) in [6, 6.07) is 0.243. The van der Waals surface area contributed by atoms with Gasteiger partial charge in [0.1, 0.15) is 0 Å². The van der Waals surface area contributed by atoms with Crippen molar-refractivity contribution in [2.45, 2.75) is 59.4 Å². The van der Waals surface area contributed by atoms with Crippen molar-refractivity contribution in [2.24, 2.45) is 11.3 Å². The Morgan fingerprint density at radius 1 is 1.28 bits per heavy atom. The number of likely N-dealkylation sites (tertiary alicyclic amines) is 1. The van der Waals surface area contributed by atoms with Crippen LogP contribution >= 0.6 is 0 Å². The fraction of sp³-hybridized carbons (Fsp3) is 0.857. The SMILES string of the molecule is CCC(CC)(CC(=O)N1CC(C)CC1C)C(=O)O. The number of carbonyl (C=O) groups is 2. The van der Waals surface area contributed by atoms with Crippen LogP contribution in [0.1, 0.15) is 53.4 Å². The summed E-state index contributed by atoms with van der Waals surface area (Å²) in [6.07, 6.45) is 2.15. The lowest BCUT2D eigenvalue weighted by molar-refractivity contribution is -0.154. The first-order chi connectivity index (χ1) is 8.36. The number of hydrogen-bond donors (Lipinski definition) is 1. The zero-order valence-electron chi connectivity index (χ0n) is 11.9. The van der Waals surface area contributed by atoms with Crippen LogP contribution in [0.5, 0.6) is 0 Å². The highest BCUT2D eigenvalue weighted by molar-refractivity contribution is 5.85. The molecule has 0 aromatic carbocycles. The van der Waals surface area contributed by atoms with Gasteiger partial charge in [0.05, 0.1) is 5.41 Å². The minimum absolute atomic E-state index is 0.00190. The second-order valence-electron chi connectivity index (χ2n) is 5.71. The van der Waals surface area contributed by atoms with E-state index in [1.54, 1.807) is 0 Å². The van der Waals surface area contributed by atoms with Crippen LogP contribution < -0.4 is 0 Å². The number of aliphatic carboxylic acids is 1. The van der Waals surface area contributed by atoms with E-state index in [-0.39, 0.29) is 18.4 Å². The van der Waals surface area contributed by atoms with E-state index in [0.29, 0.717) is 18.8 Å². The molecule has 0 aromatic heterocycles. The maximum Gasteiger partial charge on any atom is 0.310 e. The highest BCUT2D eigenvalue weighted by Crippen LogP contribution is 2.33. The van der Waals surface area contributed by atoms with E-state index in [4.69, 9.17) is 0 Å². The van der Waals surface area contributed by atoms with Crippen molar-refractivity contribution < 1.29 is 14.7 Å². The minimum atomic E-state index is -0.886. The molecule has 1 fully saturated rings. The molecule has 0 spiro atoms. The van der Waals surface area contributed by atoms with Gasteiger partial charge in [0.2, 0.25) is 5.91 Å². The number of rotatable bonds is 5. The Balaban J connectivity index is 2.76. The molecule has 4 heteroatoms. The Bertz CT molecular complexity index is 323. The van der Waals surface area contributed by atoms with Crippen molar-refractivity contribution in [3.63, 3.8) is 0 Å². The predicted octanol–water partition coefficient (Wildman–Crippen LogP) is 2.52. The molecular formula is C14H25NO3. The highest BCUT2D eigenvalue weighted by Gasteiger charge is 2.40. The molecule has 2 atom stereocenters. The number of carbonyl (C=O) groups excluding carboxylic acids is 1. The molecular weight excluding hydrogens is 230 g/mol. The van der Waals surface area contributed by atoms with E-state index in [1.807, 2.05) is 25.7 Å². The van der Waals surface area contributed by atoms with Crippen molar-refractivity contribution in [3.8, 4) is 0 Å². The number of carboxylic acid groups (broad SMARTS) is 1. The number of nitrogens with zero attached hydrogens (tertiary/aromatic N) is 1. The second-order valence-corrected chi connectivity index (χ2v) is 5.71. The van der Waals surface area contributed by atoms with Gasteiger partial charge in [-0.15, -0.1) is 0 Å². The average Bonchev–Trinajstić information content (AvgIpc) is 2.65. The fourth-order valence-electron chi connectivity index (χ4n) is 2.92. The summed E-state index contributed by atoms with van der Waals surface area (Å²) in [5.74, 6) is -0.329. The average molecular weight is 255 g/mol. The topological polar surface area (TPSA) is 57.6 Å². The zero-order valence-corrected chi connectivity index (χ0v) is 11.9. The van der Waals surface area contributed by atoms with Crippen molar-refractivity contribution in [1.29, 1.82) is 0 Å². The normalized spacial score (nSPS) is 24.3. The first-order valence-corrected chi connectivity index (χ1v) is 6.89. The Morgan fingerprint density at radius 3 is 2.17 bits per heavy atom.